The summed E-state index contributed by atoms with van der Waals surface area (Å²) < 4.78 is 13.5. The van der Waals surface area contributed by atoms with Gasteiger partial charge in [-0.2, -0.15) is 0 Å². The fourth-order valence-electron chi connectivity index (χ4n) is 2.25. The van der Waals surface area contributed by atoms with Crippen molar-refractivity contribution < 1.29 is 4.39 Å². The molecule has 0 amide bonds. The number of rotatable bonds is 6. The fraction of sp³-hybridized carbons (Fsp3) is 0.600. The normalized spacial score (nSPS) is 12.8. The molecule has 0 heterocycles. The molecule has 0 bridgehead atoms. The summed E-state index contributed by atoms with van der Waals surface area (Å²) >= 11 is 0. The van der Waals surface area contributed by atoms with E-state index < -0.39 is 0 Å². The topological polar surface area (TPSA) is 0 Å². The molecular formula is C15H23F. The van der Waals surface area contributed by atoms with E-state index in [4.69, 9.17) is 0 Å². The monoisotopic (exact) mass is 222 g/mol. The molecule has 0 aliphatic heterocycles. The number of hydrogen-bond donors (Lipinski definition) is 0. The summed E-state index contributed by atoms with van der Waals surface area (Å²) in [5.74, 6) is 0.736. The predicted molar refractivity (Wildman–Crippen MR) is 68.1 cm³/mol. The fourth-order valence-corrected chi connectivity index (χ4v) is 2.25. The van der Waals surface area contributed by atoms with Gasteiger partial charge in [0.15, 0.2) is 0 Å². The average molecular weight is 222 g/mol. The number of aryl methyl sites for hydroxylation is 1. The molecule has 0 fully saturated rings. The van der Waals surface area contributed by atoms with Gasteiger partial charge in [0, 0.05) is 0 Å². The van der Waals surface area contributed by atoms with Crippen LogP contribution in [0.15, 0.2) is 18.2 Å². The summed E-state index contributed by atoms with van der Waals surface area (Å²) in [6.45, 7) is 6.50. The van der Waals surface area contributed by atoms with Gasteiger partial charge in [0.2, 0.25) is 0 Å². The first kappa shape index (κ1) is 13.2. The van der Waals surface area contributed by atoms with Crippen molar-refractivity contribution in [3.05, 3.63) is 35.1 Å². The van der Waals surface area contributed by atoms with E-state index in [1.807, 2.05) is 13.0 Å². The van der Waals surface area contributed by atoms with Gasteiger partial charge in [0.25, 0.3) is 0 Å². The summed E-state index contributed by atoms with van der Waals surface area (Å²) in [5, 5.41) is 0. The van der Waals surface area contributed by atoms with E-state index in [0.29, 0.717) is 0 Å². The van der Waals surface area contributed by atoms with Gasteiger partial charge < -0.3 is 0 Å². The highest BCUT2D eigenvalue weighted by Gasteiger charge is 2.06. The van der Waals surface area contributed by atoms with Crippen molar-refractivity contribution in [3.8, 4) is 0 Å². The average Bonchev–Trinajstić information content (AvgIpc) is 2.23. The van der Waals surface area contributed by atoms with Crippen molar-refractivity contribution in [3.63, 3.8) is 0 Å². The Balaban J connectivity index is 2.43. The van der Waals surface area contributed by atoms with Gasteiger partial charge >= 0.3 is 0 Å². The molecule has 0 aliphatic carbocycles. The van der Waals surface area contributed by atoms with Crippen LogP contribution in [0.2, 0.25) is 0 Å². The van der Waals surface area contributed by atoms with Crippen molar-refractivity contribution >= 4 is 0 Å². The molecule has 1 heteroatoms. The van der Waals surface area contributed by atoms with Crippen LogP contribution < -0.4 is 0 Å². The Morgan fingerprint density at radius 1 is 1.25 bits per heavy atom. The van der Waals surface area contributed by atoms with Crippen LogP contribution in [0.5, 0.6) is 0 Å². The van der Waals surface area contributed by atoms with E-state index in [9.17, 15) is 4.39 Å². The first-order chi connectivity index (χ1) is 7.65. The largest absolute Gasteiger partial charge is 0.207 e. The van der Waals surface area contributed by atoms with E-state index >= 15 is 0 Å². The third kappa shape index (κ3) is 3.96. The molecule has 0 spiro atoms. The van der Waals surface area contributed by atoms with Crippen LogP contribution in [0.25, 0.3) is 0 Å². The molecule has 0 saturated carbocycles. The van der Waals surface area contributed by atoms with E-state index in [1.54, 1.807) is 12.1 Å². The molecule has 1 aromatic carbocycles. The minimum Gasteiger partial charge on any atom is -0.207 e. The van der Waals surface area contributed by atoms with Gasteiger partial charge in [-0.3, -0.25) is 0 Å². The maximum absolute atomic E-state index is 13.5. The van der Waals surface area contributed by atoms with Crippen molar-refractivity contribution in [2.45, 2.75) is 52.9 Å². The van der Waals surface area contributed by atoms with E-state index in [2.05, 4.69) is 13.8 Å². The molecular weight excluding hydrogens is 199 g/mol. The Labute approximate surface area is 98.9 Å². The molecule has 16 heavy (non-hydrogen) atoms. The molecule has 1 unspecified atom stereocenters. The van der Waals surface area contributed by atoms with Gasteiger partial charge in [0.1, 0.15) is 5.82 Å². The highest BCUT2D eigenvalue weighted by molar-refractivity contribution is 5.27. The zero-order chi connectivity index (χ0) is 12.0. The predicted octanol–water partition coefficient (Wildman–Crippen LogP) is 4.89. The maximum atomic E-state index is 13.5. The van der Waals surface area contributed by atoms with E-state index in [-0.39, 0.29) is 5.82 Å². The number of hydrogen-bond acceptors (Lipinski definition) is 0. The SMILES string of the molecule is CCCC(C)CCCc1c(C)cccc1F. The first-order valence-electron chi connectivity index (χ1n) is 6.39. The Morgan fingerprint density at radius 3 is 2.62 bits per heavy atom. The maximum Gasteiger partial charge on any atom is 0.126 e. The van der Waals surface area contributed by atoms with Crippen LogP contribution in [-0.4, -0.2) is 0 Å². The van der Waals surface area contributed by atoms with Crippen LogP contribution in [-0.2, 0) is 6.42 Å². The summed E-state index contributed by atoms with van der Waals surface area (Å²) in [6, 6.07) is 5.35. The smallest absolute Gasteiger partial charge is 0.126 e. The second-order valence-corrected chi connectivity index (χ2v) is 4.82. The molecule has 90 valence electrons. The van der Waals surface area contributed by atoms with Crippen molar-refractivity contribution in [1.29, 1.82) is 0 Å². The summed E-state index contributed by atoms with van der Waals surface area (Å²) in [4.78, 5) is 0. The zero-order valence-electron chi connectivity index (χ0n) is 10.7. The lowest BCUT2D eigenvalue weighted by Gasteiger charge is -2.11. The van der Waals surface area contributed by atoms with Gasteiger partial charge in [-0.25, -0.2) is 4.39 Å². The van der Waals surface area contributed by atoms with Gasteiger partial charge in [-0.05, 0) is 42.9 Å². The quantitative estimate of drug-likeness (QED) is 0.642. The molecule has 0 saturated heterocycles. The zero-order valence-corrected chi connectivity index (χ0v) is 10.7. The summed E-state index contributed by atoms with van der Waals surface area (Å²) in [5.41, 5.74) is 1.99. The lowest BCUT2D eigenvalue weighted by atomic mass is 9.96. The molecule has 0 N–H and O–H groups in total. The van der Waals surface area contributed by atoms with Crippen molar-refractivity contribution in [2.75, 3.05) is 0 Å². The minimum atomic E-state index is -0.0388. The number of halogens is 1. The molecule has 0 nitrogen and oxygen atoms in total. The van der Waals surface area contributed by atoms with Crippen LogP contribution >= 0.6 is 0 Å². The molecule has 1 aromatic rings. The molecule has 0 aliphatic rings. The molecule has 0 radical (unpaired) electrons. The molecule has 1 rings (SSSR count). The van der Waals surface area contributed by atoms with Gasteiger partial charge in [0.05, 0.1) is 0 Å². The van der Waals surface area contributed by atoms with Crippen molar-refractivity contribution in [2.24, 2.45) is 5.92 Å². The van der Waals surface area contributed by atoms with E-state index in [1.165, 1.54) is 19.3 Å². The first-order valence-corrected chi connectivity index (χ1v) is 6.39. The third-order valence-electron chi connectivity index (χ3n) is 3.26. The van der Waals surface area contributed by atoms with Gasteiger partial charge in [-0.15, -0.1) is 0 Å². The second-order valence-electron chi connectivity index (χ2n) is 4.82. The van der Waals surface area contributed by atoms with Gasteiger partial charge in [-0.1, -0.05) is 45.2 Å². The second kappa shape index (κ2) is 6.67. The summed E-state index contributed by atoms with van der Waals surface area (Å²) in [6.07, 6.45) is 5.73. The van der Waals surface area contributed by atoms with Crippen LogP contribution in [0.3, 0.4) is 0 Å². The Hall–Kier alpha value is -0.850. The third-order valence-corrected chi connectivity index (χ3v) is 3.26. The Bertz CT molecular complexity index is 297. The minimum absolute atomic E-state index is 0.0388. The summed E-state index contributed by atoms with van der Waals surface area (Å²) in [7, 11) is 0. The van der Waals surface area contributed by atoms with E-state index in [0.717, 1.165) is 29.9 Å². The van der Waals surface area contributed by atoms with Crippen LogP contribution in [0.1, 0.15) is 50.7 Å². The lowest BCUT2D eigenvalue weighted by Crippen LogP contribution is -1.98. The Morgan fingerprint density at radius 2 is 2.00 bits per heavy atom. The van der Waals surface area contributed by atoms with Crippen LogP contribution in [0, 0.1) is 18.7 Å². The highest BCUT2D eigenvalue weighted by atomic mass is 19.1. The molecule has 1 atom stereocenters. The molecule has 0 aromatic heterocycles. The number of benzene rings is 1. The van der Waals surface area contributed by atoms with Crippen molar-refractivity contribution in [1.82, 2.24) is 0 Å². The Kier molecular flexibility index (Phi) is 5.51. The standard InChI is InChI=1S/C15H23F/c1-4-7-12(2)8-5-10-14-13(3)9-6-11-15(14)16/h6,9,11-12H,4-5,7-8,10H2,1-3H3. The van der Waals surface area contributed by atoms with Crippen LogP contribution in [0.4, 0.5) is 4.39 Å². The lowest BCUT2D eigenvalue weighted by molar-refractivity contribution is 0.466. The highest BCUT2D eigenvalue weighted by Crippen LogP contribution is 2.18.